The molecular formula is C14H13F4NO2. The molecule has 1 aromatic carbocycles. The lowest BCUT2D eigenvalue weighted by molar-refractivity contribution is -0.166. The van der Waals surface area contributed by atoms with Crippen LogP contribution in [0.5, 0.6) is 0 Å². The Morgan fingerprint density at radius 1 is 1.29 bits per heavy atom. The molecule has 0 aliphatic carbocycles. The highest BCUT2D eigenvalue weighted by atomic mass is 19.4. The summed E-state index contributed by atoms with van der Waals surface area (Å²) in [5.74, 6) is -3.05. The highest BCUT2D eigenvalue weighted by Gasteiger charge is 2.43. The van der Waals surface area contributed by atoms with Gasteiger partial charge in [-0.2, -0.15) is 13.2 Å². The summed E-state index contributed by atoms with van der Waals surface area (Å²) in [6.45, 7) is -1.45. The number of carbonyl (C=O) groups is 1. The number of hydrogen-bond acceptors (Lipinski definition) is 2. The van der Waals surface area contributed by atoms with Crippen LogP contribution < -0.4 is 0 Å². The highest BCUT2D eigenvalue weighted by Crippen LogP contribution is 2.40. The van der Waals surface area contributed by atoms with E-state index < -0.39 is 37.8 Å². The van der Waals surface area contributed by atoms with Crippen molar-refractivity contribution < 1.29 is 27.1 Å². The quantitative estimate of drug-likeness (QED) is 0.675. The third kappa shape index (κ3) is 3.53. The number of para-hydroxylation sites is 1. The average Bonchev–Trinajstić information content (AvgIpc) is 2.85. The van der Waals surface area contributed by atoms with Crippen molar-refractivity contribution >= 4 is 16.9 Å². The van der Waals surface area contributed by atoms with Crippen LogP contribution in [0, 0.1) is 0 Å². The Hall–Kier alpha value is -2.05. The van der Waals surface area contributed by atoms with Crippen molar-refractivity contribution in [3.63, 3.8) is 0 Å². The van der Waals surface area contributed by atoms with E-state index in [1.54, 1.807) is 24.3 Å². The largest absolute Gasteiger partial charge is 0.463 e. The number of esters is 1. The molecule has 0 saturated carbocycles. The maximum absolute atomic E-state index is 13.2. The molecule has 2 aromatic rings. The summed E-state index contributed by atoms with van der Waals surface area (Å²) in [6.07, 6.45) is -4.23. The molecule has 0 fully saturated rings. The van der Waals surface area contributed by atoms with Gasteiger partial charge in [-0.1, -0.05) is 18.2 Å². The molecule has 0 saturated heterocycles. The van der Waals surface area contributed by atoms with Gasteiger partial charge in [-0.15, -0.1) is 0 Å². The molecule has 21 heavy (non-hydrogen) atoms. The van der Waals surface area contributed by atoms with E-state index in [4.69, 9.17) is 0 Å². The zero-order chi connectivity index (χ0) is 15.5. The molecule has 1 heterocycles. The normalized spacial score (nSPS) is 13.3. The Kier molecular flexibility index (Phi) is 4.50. The van der Waals surface area contributed by atoms with E-state index in [2.05, 4.69) is 9.72 Å². The van der Waals surface area contributed by atoms with Crippen LogP contribution in [0.3, 0.4) is 0 Å². The summed E-state index contributed by atoms with van der Waals surface area (Å²) < 4.78 is 55.9. The molecule has 2 rings (SSSR count). The van der Waals surface area contributed by atoms with Gasteiger partial charge in [0.1, 0.15) is 13.3 Å². The van der Waals surface area contributed by atoms with Gasteiger partial charge >= 0.3 is 12.1 Å². The van der Waals surface area contributed by atoms with Crippen LogP contribution in [0.2, 0.25) is 0 Å². The third-order valence-corrected chi connectivity index (χ3v) is 3.10. The van der Waals surface area contributed by atoms with E-state index in [0.717, 1.165) is 0 Å². The lowest BCUT2D eigenvalue weighted by Gasteiger charge is -2.19. The molecule has 3 nitrogen and oxygen atoms in total. The summed E-state index contributed by atoms with van der Waals surface area (Å²) in [5.41, 5.74) is 0.536. The number of alkyl halides is 4. The molecule has 1 N–H and O–H groups in total. The minimum Gasteiger partial charge on any atom is -0.463 e. The first-order valence-electron chi connectivity index (χ1n) is 6.27. The number of halogens is 4. The molecule has 0 aliphatic rings. The Morgan fingerprint density at radius 2 is 2.00 bits per heavy atom. The third-order valence-electron chi connectivity index (χ3n) is 3.10. The number of H-pyrrole nitrogens is 1. The molecule has 0 radical (unpaired) electrons. The van der Waals surface area contributed by atoms with Crippen LogP contribution in [-0.2, 0) is 9.53 Å². The molecule has 0 aliphatic heterocycles. The van der Waals surface area contributed by atoms with Gasteiger partial charge in [0.05, 0.1) is 12.3 Å². The standard InChI is InChI=1S/C14H13F4NO2/c15-5-6-21-13(20)7-11(14(16,17)18)10-8-19-12-4-2-1-3-9(10)12/h1-4,8,11,19H,5-7H2/t11-/m0/s1. The Morgan fingerprint density at radius 3 is 2.67 bits per heavy atom. The fourth-order valence-corrected chi connectivity index (χ4v) is 2.16. The van der Waals surface area contributed by atoms with Gasteiger partial charge in [0.15, 0.2) is 0 Å². The number of benzene rings is 1. The Labute approximate surface area is 117 Å². The monoisotopic (exact) mass is 303 g/mol. The van der Waals surface area contributed by atoms with E-state index in [1.165, 1.54) is 6.20 Å². The van der Waals surface area contributed by atoms with Gasteiger partial charge in [-0.05, 0) is 11.6 Å². The van der Waals surface area contributed by atoms with Gasteiger partial charge in [-0.25, -0.2) is 4.39 Å². The van der Waals surface area contributed by atoms with E-state index in [9.17, 15) is 22.4 Å². The maximum Gasteiger partial charge on any atom is 0.396 e. The number of nitrogens with one attached hydrogen (secondary N) is 1. The first-order valence-corrected chi connectivity index (χ1v) is 6.27. The predicted molar refractivity (Wildman–Crippen MR) is 68.6 cm³/mol. The van der Waals surface area contributed by atoms with Crippen molar-refractivity contribution in [3.8, 4) is 0 Å². The highest BCUT2D eigenvalue weighted by molar-refractivity contribution is 5.84. The van der Waals surface area contributed by atoms with Gasteiger partial charge in [0.2, 0.25) is 0 Å². The van der Waals surface area contributed by atoms with Crippen molar-refractivity contribution in [2.24, 2.45) is 0 Å². The van der Waals surface area contributed by atoms with Gasteiger partial charge in [0.25, 0.3) is 0 Å². The lowest BCUT2D eigenvalue weighted by atomic mass is 9.94. The van der Waals surface area contributed by atoms with E-state index in [1.807, 2.05) is 0 Å². The smallest absolute Gasteiger partial charge is 0.396 e. The van der Waals surface area contributed by atoms with Crippen molar-refractivity contribution in [1.82, 2.24) is 4.98 Å². The van der Waals surface area contributed by atoms with Crippen LogP contribution in [0.1, 0.15) is 17.9 Å². The van der Waals surface area contributed by atoms with Crippen molar-refractivity contribution in [1.29, 1.82) is 0 Å². The molecule has 0 spiro atoms. The lowest BCUT2D eigenvalue weighted by Crippen LogP contribution is -2.24. The second-order valence-corrected chi connectivity index (χ2v) is 4.50. The number of rotatable bonds is 5. The number of hydrogen-bond donors (Lipinski definition) is 1. The molecular weight excluding hydrogens is 290 g/mol. The topological polar surface area (TPSA) is 42.1 Å². The molecule has 1 atom stereocenters. The summed E-state index contributed by atoms with van der Waals surface area (Å²) >= 11 is 0. The average molecular weight is 303 g/mol. The van der Waals surface area contributed by atoms with Crippen molar-refractivity contribution in [2.45, 2.75) is 18.5 Å². The fraction of sp³-hybridized carbons (Fsp3) is 0.357. The molecule has 114 valence electrons. The van der Waals surface area contributed by atoms with E-state index in [-0.39, 0.29) is 5.56 Å². The molecule has 1 aromatic heterocycles. The Bertz CT molecular complexity index is 621. The minimum absolute atomic E-state index is 0.0182. The fourth-order valence-electron chi connectivity index (χ4n) is 2.16. The number of carbonyl (C=O) groups excluding carboxylic acids is 1. The SMILES string of the molecule is O=C(C[C@@H](c1c[nH]c2ccccc12)C(F)(F)F)OCCF. The number of aromatic nitrogens is 1. The Balaban J connectivity index is 2.30. The number of fused-ring (bicyclic) bond motifs is 1. The first kappa shape index (κ1) is 15.3. The second kappa shape index (κ2) is 6.15. The van der Waals surface area contributed by atoms with Gasteiger partial charge in [-0.3, -0.25) is 4.79 Å². The number of aromatic amines is 1. The summed E-state index contributed by atoms with van der Waals surface area (Å²) in [6, 6.07) is 6.51. The summed E-state index contributed by atoms with van der Waals surface area (Å²) in [5, 5.41) is 0.401. The van der Waals surface area contributed by atoms with Crippen LogP contribution in [0.4, 0.5) is 17.6 Å². The molecule has 0 unspecified atom stereocenters. The zero-order valence-corrected chi connectivity index (χ0v) is 10.9. The molecule has 0 bridgehead atoms. The summed E-state index contributed by atoms with van der Waals surface area (Å²) in [7, 11) is 0. The van der Waals surface area contributed by atoms with E-state index >= 15 is 0 Å². The van der Waals surface area contributed by atoms with Gasteiger partial charge < -0.3 is 9.72 Å². The first-order chi connectivity index (χ1) is 9.93. The van der Waals surface area contributed by atoms with E-state index in [0.29, 0.717) is 10.9 Å². The van der Waals surface area contributed by atoms with Gasteiger partial charge in [0, 0.05) is 17.1 Å². The summed E-state index contributed by atoms with van der Waals surface area (Å²) in [4.78, 5) is 14.1. The van der Waals surface area contributed by atoms with Crippen molar-refractivity contribution in [3.05, 3.63) is 36.0 Å². The van der Waals surface area contributed by atoms with Crippen LogP contribution >= 0.6 is 0 Å². The molecule has 7 heteroatoms. The minimum atomic E-state index is -4.60. The van der Waals surface area contributed by atoms with Crippen LogP contribution in [0.15, 0.2) is 30.5 Å². The van der Waals surface area contributed by atoms with Crippen LogP contribution in [0.25, 0.3) is 10.9 Å². The van der Waals surface area contributed by atoms with Crippen LogP contribution in [-0.4, -0.2) is 30.4 Å². The zero-order valence-electron chi connectivity index (χ0n) is 10.9. The maximum atomic E-state index is 13.2. The number of ether oxygens (including phenoxy) is 1. The molecule has 0 amide bonds. The van der Waals surface area contributed by atoms with Crippen molar-refractivity contribution in [2.75, 3.05) is 13.3 Å². The second-order valence-electron chi connectivity index (χ2n) is 4.50. The predicted octanol–water partition coefficient (Wildman–Crippen LogP) is 3.72.